The molecule has 104 valence electrons. The fourth-order valence-corrected chi connectivity index (χ4v) is 1.85. The first-order valence-corrected chi connectivity index (χ1v) is 6.76. The number of carbonyl (C=O) groups is 1. The van der Waals surface area contributed by atoms with Crippen LogP contribution < -0.4 is 5.32 Å². The third-order valence-electron chi connectivity index (χ3n) is 2.77. The molecular formula is C17H13ClN2O. The number of nitrogens with zero attached hydrogens (tertiary/aromatic N) is 1. The van der Waals surface area contributed by atoms with Gasteiger partial charge in [-0.1, -0.05) is 48.0 Å². The Bertz CT molecular complexity index is 682. The molecule has 0 aliphatic heterocycles. The lowest BCUT2D eigenvalue weighted by Gasteiger charge is -2.02. The van der Waals surface area contributed by atoms with Crippen LogP contribution in [0.1, 0.15) is 17.5 Å². The molecule has 0 heterocycles. The van der Waals surface area contributed by atoms with E-state index < -0.39 is 0 Å². The molecule has 0 bridgehead atoms. The van der Waals surface area contributed by atoms with Crippen LogP contribution in [0, 0.1) is 11.3 Å². The van der Waals surface area contributed by atoms with Crippen LogP contribution in [0.15, 0.2) is 48.5 Å². The maximum absolute atomic E-state index is 11.3. The standard InChI is InChI=1S/C17H13ClN2O/c18-15-7-3-13(4-8-15)1-2-14-5-9-16(10-6-14)20-17(21)11-12-19/h1-10H,11H2,(H,20,21)/b2-1-. The minimum Gasteiger partial charge on any atom is -0.325 e. The van der Waals surface area contributed by atoms with Crippen molar-refractivity contribution in [1.29, 1.82) is 5.26 Å². The number of hydrogen-bond donors (Lipinski definition) is 1. The van der Waals surface area contributed by atoms with E-state index in [1.54, 1.807) is 12.1 Å². The Kier molecular flexibility index (Phi) is 5.14. The van der Waals surface area contributed by atoms with Crippen LogP contribution >= 0.6 is 11.6 Å². The SMILES string of the molecule is N#CCC(=O)Nc1ccc(/C=C\c2ccc(Cl)cc2)cc1. The summed E-state index contributed by atoms with van der Waals surface area (Å²) in [5, 5.41) is 11.8. The Morgan fingerprint density at radius 1 is 1.05 bits per heavy atom. The van der Waals surface area contributed by atoms with Gasteiger partial charge in [-0.3, -0.25) is 4.79 Å². The van der Waals surface area contributed by atoms with Gasteiger partial charge in [0.05, 0.1) is 6.07 Å². The van der Waals surface area contributed by atoms with Crippen LogP contribution in [0.25, 0.3) is 12.2 Å². The zero-order valence-corrected chi connectivity index (χ0v) is 12.0. The quantitative estimate of drug-likeness (QED) is 0.852. The van der Waals surface area contributed by atoms with Gasteiger partial charge in [-0.25, -0.2) is 0 Å². The average molecular weight is 297 g/mol. The maximum Gasteiger partial charge on any atom is 0.238 e. The number of anilines is 1. The molecule has 2 rings (SSSR count). The Morgan fingerprint density at radius 3 is 2.10 bits per heavy atom. The Labute approximate surface area is 128 Å². The summed E-state index contributed by atoms with van der Waals surface area (Å²) in [5.74, 6) is -0.304. The summed E-state index contributed by atoms with van der Waals surface area (Å²) in [7, 11) is 0. The summed E-state index contributed by atoms with van der Waals surface area (Å²) >= 11 is 5.83. The van der Waals surface area contributed by atoms with E-state index in [0.29, 0.717) is 10.7 Å². The first-order chi connectivity index (χ1) is 10.2. The Balaban J connectivity index is 2.00. The van der Waals surface area contributed by atoms with E-state index in [2.05, 4.69) is 5.32 Å². The van der Waals surface area contributed by atoms with Crippen molar-refractivity contribution >= 4 is 35.3 Å². The molecule has 0 spiro atoms. The van der Waals surface area contributed by atoms with Gasteiger partial charge in [-0.2, -0.15) is 5.26 Å². The van der Waals surface area contributed by atoms with Crippen LogP contribution in [0.3, 0.4) is 0 Å². The first-order valence-electron chi connectivity index (χ1n) is 6.38. The van der Waals surface area contributed by atoms with Crippen molar-refractivity contribution in [2.45, 2.75) is 6.42 Å². The highest BCUT2D eigenvalue weighted by atomic mass is 35.5. The molecule has 0 fully saturated rings. The second kappa shape index (κ2) is 7.28. The molecule has 0 saturated heterocycles. The summed E-state index contributed by atoms with van der Waals surface area (Å²) in [4.78, 5) is 11.3. The highest BCUT2D eigenvalue weighted by Crippen LogP contribution is 2.14. The van der Waals surface area contributed by atoms with Crippen LogP contribution in [0.2, 0.25) is 5.02 Å². The third-order valence-corrected chi connectivity index (χ3v) is 3.02. The van der Waals surface area contributed by atoms with Crippen LogP contribution in [0.5, 0.6) is 0 Å². The zero-order chi connectivity index (χ0) is 15.1. The summed E-state index contributed by atoms with van der Waals surface area (Å²) in [6.07, 6.45) is 3.82. The molecule has 2 aromatic rings. The topological polar surface area (TPSA) is 52.9 Å². The molecule has 0 aliphatic rings. The number of rotatable bonds is 4. The monoisotopic (exact) mass is 296 g/mol. The highest BCUT2D eigenvalue weighted by Gasteiger charge is 2.00. The second-order valence-electron chi connectivity index (χ2n) is 4.39. The zero-order valence-electron chi connectivity index (χ0n) is 11.2. The average Bonchev–Trinajstić information content (AvgIpc) is 2.48. The molecule has 3 nitrogen and oxygen atoms in total. The number of nitriles is 1. The maximum atomic E-state index is 11.3. The smallest absolute Gasteiger partial charge is 0.238 e. The molecule has 0 atom stereocenters. The lowest BCUT2D eigenvalue weighted by molar-refractivity contribution is -0.115. The predicted octanol–water partition coefficient (Wildman–Crippen LogP) is 4.36. The summed E-state index contributed by atoms with van der Waals surface area (Å²) in [5.41, 5.74) is 2.76. The van der Waals surface area contributed by atoms with Crippen LogP contribution in [-0.2, 0) is 4.79 Å². The van der Waals surface area contributed by atoms with Gasteiger partial charge in [0.2, 0.25) is 5.91 Å². The highest BCUT2D eigenvalue weighted by molar-refractivity contribution is 6.30. The number of nitrogens with one attached hydrogen (secondary N) is 1. The third kappa shape index (κ3) is 4.79. The first kappa shape index (κ1) is 14.8. The molecule has 1 N–H and O–H groups in total. The van der Waals surface area contributed by atoms with E-state index >= 15 is 0 Å². The van der Waals surface area contributed by atoms with Gasteiger partial charge in [0.25, 0.3) is 0 Å². The summed E-state index contributed by atoms with van der Waals surface area (Å²) in [6, 6.07) is 16.8. The van der Waals surface area contributed by atoms with Gasteiger partial charge in [-0.15, -0.1) is 0 Å². The molecule has 1 amide bonds. The normalized spacial score (nSPS) is 10.3. The fraction of sp³-hybridized carbons (Fsp3) is 0.0588. The second-order valence-corrected chi connectivity index (χ2v) is 4.83. The van der Waals surface area contributed by atoms with Gasteiger partial charge in [-0.05, 0) is 35.4 Å². The molecule has 0 aromatic heterocycles. The van der Waals surface area contributed by atoms with E-state index in [1.807, 2.05) is 54.6 Å². The summed E-state index contributed by atoms with van der Waals surface area (Å²) in [6.45, 7) is 0. The van der Waals surface area contributed by atoms with Crippen molar-refractivity contribution in [3.8, 4) is 6.07 Å². The molecule has 21 heavy (non-hydrogen) atoms. The van der Waals surface area contributed by atoms with E-state index in [1.165, 1.54) is 0 Å². The fourth-order valence-electron chi connectivity index (χ4n) is 1.72. The van der Waals surface area contributed by atoms with Gasteiger partial charge >= 0.3 is 0 Å². The molecule has 0 radical (unpaired) electrons. The Morgan fingerprint density at radius 2 is 1.57 bits per heavy atom. The van der Waals surface area contributed by atoms with Crippen LogP contribution in [0.4, 0.5) is 5.69 Å². The molecular weight excluding hydrogens is 284 g/mol. The summed E-state index contributed by atoms with van der Waals surface area (Å²) < 4.78 is 0. The minimum absolute atomic E-state index is 0.141. The lowest BCUT2D eigenvalue weighted by Crippen LogP contribution is -2.09. The number of hydrogen-bond acceptors (Lipinski definition) is 2. The van der Waals surface area contributed by atoms with Crippen molar-refractivity contribution in [2.75, 3.05) is 5.32 Å². The van der Waals surface area contributed by atoms with Crippen molar-refractivity contribution in [3.05, 3.63) is 64.7 Å². The van der Waals surface area contributed by atoms with Gasteiger partial charge in [0.1, 0.15) is 6.42 Å². The molecule has 0 unspecified atom stereocenters. The van der Waals surface area contributed by atoms with Crippen molar-refractivity contribution in [2.24, 2.45) is 0 Å². The molecule has 2 aromatic carbocycles. The number of amides is 1. The van der Waals surface area contributed by atoms with Gasteiger partial charge in [0, 0.05) is 10.7 Å². The van der Waals surface area contributed by atoms with Crippen molar-refractivity contribution in [1.82, 2.24) is 0 Å². The Hall–Kier alpha value is -2.57. The van der Waals surface area contributed by atoms with E-state index in [4.69, 9.17) is 16.9 Å². The van der Waals surface area contributed by atoms with Gasteiger partial charge in [0.15, 0.2) is 0 Å². The molecule has 0 aliphatic carbocycles. The molecule has 4 heteroatoms. The predicted molar refractivity (Wildman–Crippen MR) is 85.7 cm³/mol. The van der Waals surface area contributed by atoms with Crippen LogP contribution in [-0.4, -0.2) is 5.91 Å². The number of benzene rings is 2. The van der Waals surface area contributed by atoms with Crippen molar-refractivity contribution < 1.29 is 4.79 Å². The van der Waals surface area contributed by atoms with E-state index in [-0.39, 0.29) is 12.3 Å². The molecule has 0 saturated carbocycles. The number of halogens is 1. The minimum atomic E-state index is -0.304. The van der Waals surface area contributed by atoms with E-state index in [9.17, 15) is 4.79 Å². The largest absolute Gasteiger partial charge is 0.325 e. The number of carbonyl (C=O) groups excluding carboxylic acids is 1. The van der Waals surface area contributed by atoms with Crippen molar-refractivity contribution in [3.63, 3.8) is 0 Å². The van der Waals surface area contributed by atoms with Gasteiger partial charge < -0.3 is 5.32 Å². The van der Waals surface area contributed by atoms with E-state index in [0.717, 1.165) is 11.1 Å². The lowest BCUT2D eigenvalue weighted by atomic mass is 10.1.